The van der Waals surface area contributed by atoms with E-state index in [2.05, 4.69) is 15.8 Å². The molecule has 0 aliphatic carbocycles. The number of amides is 2. The summed E-state index contributed by atoms with van der Waals surface area (Å²) in [6.07, 6.45) is 1.09. The highest BCUT2D eigenvalue weighted by Gasteiger charge is 2.07. The molecule has 0 aliphatic rings. The molecule has 2 amide bonds. The molecule has 0 saturated carbocycles. The topological polar surface area (TPSA) is 79.8 Å². The van der Waals surface area contributed by atoms with Crippen molar-refractivity contribution >= 4 is 29.6 Å². The fraction of sp³-hybridized carbons (Fsp3) is 0.118. The van der Waals surface area contributed by atoms with Gasteiger partial charge in [-0.2, -0.15) is 5.10 Å². The number of nitrogens with zero attached hydrogens (tertiary/aromatic N) is 1. The molecule has 2 rings (SSSR count). The summed E-state index contributed by atoms with van der Waals surface area (Å²) in [5.74, 6) is -1.04. The highest BCUT2D eigenvalue weighted by atomic mass is 35.5. The Kier molecular flexibility index (Phi) is 6.91. The number of hydrogen-bond donors (Lipinski definition) is 2. The van der Waals surface area contributed by atoms with Crippen molar-refractivity contribution in [3.63, 3.8) is 0 Å². The molecule has 2 N–H and O–H groups in total. The lowest BCUT2D eigenvalue weighted by atomic mass is 10.2. The Balaban J connectivity index is 1.71. The van der Waals surface area contributed by atoms with Gasteiger partial charge in [-0.15, -0.1) is 0 Å². The van der Waals surface area contributed by atoms with Gasteiger partial charge in [0.25, 0.3) is 11.8 Å². The maximum atomic E-state index is 13.5. The van der Waals surface area contributed by atoms with Gasteiger partial charge in [0.2, 0.25) is 0 Å². The Hall–Kier alpha value is -2.93. The Morgan fingerprint density at radius 2 is 1.88 bits per heavy atom. The zero-order chi connectivity index (χ0) is 18.1. The van der Waals surface area contributed by atoms with Crippen LogP contribution in [0.4, 0.5) is 4.39 Å². The second-order valence-electron chi connectivity index (χ2n) is 4.81. The van der Waals surface area contributed by atoms with E-state index in [0.29, 0.717) is 5.75 Å². The van der Waals surface area contributed by atoms with Crippen molar-refractivity contribution in [2.45, 2.75) is 0 Å². The Labute approximate surface area is 148 Å². The minimum absolute atomic E-state index is 0.0600. The molecule has 25 heavy (non-hydrogen) atoms. The number of carbonyl (C=O) groups excluding carboxylic acids is 2. The van der Waals surface area contributed by atoms with E-state index in [9.17, 15) is 14.0 Å². The Morgan fingerprint density at radius 3 is 2.60 bits per heavy atom. The second kappa shape index (κ2) is 9.39. The van der Waals surface area contributed by atoms with Gasteiger partial charge in [-0.3, -0.25) is 9.59 Å². The molecule has 0 bridgehead atoms. The minimum Gasteiger partial charge on any atom is -0.484 e. The van der Waals surface area contributed by atoms with Crippen LogP contribution in [-0.2, 0) is 9.59 Å². The van der Waals surface area contributed by atoms with E-state index in [1.807, 2.05) is 6.07 Å². The SMILES string of the molecule is O=C(COc1ccccc1)NCC(=O)N/N=C/c1c(F)cccc1Cl. The normalized spacial score (nSPS) is 10.5. The maximum absolute atomic E-state index is 13.5. The van der Waals surface area contributed by atoms with Crippen LogP contribution in [0.25, 0.3) is 0 Å². The van der Waals surface area contributed by atoms with Gasteiger partial charge in [0.05, 0.1) is 17.8 Å². The first kappa shape index (κ1) is 18.4. The molecule has 0 unspecified atom stereocenters. The zero-order valence-corrected chi connectivity index (χ0v) is 13.8. The van der Waals surface area contributed by atoms with Crippen LogP contribution < -0.4 is 15.5 Å². The van der Waals surface area contributed by atoms with Crippen LogP contribution >= 0.6 is 11.6 Å². The number of hydrogen-bond acceptors (Lipinski definition) is 4. The van der Waals surface area contributed by atoms with Crippen molar-refractivity contribution in [3.8, 4) is 5.75 Å². The van der Waals surface area contributed by atoms with Gasteiger partial charge in [-0.1, -0.05) is 35.9 Å². The fourth-order valence-corrected chi connectivity index (χ4v) is 1.95. The molecule has 0 radical (unpaired) electrons. The van der Waals surface area contributed by atoms with Gasteiger partial charge in [-0.05, 0) is 24.3 Å². The van der Waals surface area contributed by atoms with Crippen molar-refractivity contribution in [3.05, 3.63) is 64.9 Å². The number of halogens is 2. The number of carbonyl (C=O) groups is 2. The van der Waals surface area contributed by atoms with Gasteiger partial charge < -0.3 is 10.1 Å². The first-order valence-corrected chi connectivity index (χ1v) is 7.64. The zero-order valence-electron chi connectivity index (χ0n) is 13.0. The third-order valence-electron chi connectivity index (χ3n) is 2.94. The molecule has 2 aromatic carbocycles. The van der Waals surface area contributed by atoms with E-state index in [-0.39, 0.29) is 23.7 Å². The number of nitrogens with one attached hydrogen (secondary N) is 2. The lowest BCUT2D eigenvalue weighted by molar-refractivity contribution is -0.127. The van der Waals surface area contributed by atoms with Gasteiger partial charge in [0.1, 0.15) is 11.6 Å². The summed E-state index contributed by atoms with van der Waals surface area (Å²) in [6.45, 7) is -0.509. The van der Waals surface area contributed by atoms with Crippen molar-refractivity contribution in [1.29, 1.82) is 0 Å². The predicted octanol–water partition coefficient (Wildman–Crippen LogP) is 2.12. The van der Waals surface area contributed by atoms with Crippen molar-refractivity contribution < 1.29 is 18.7 Å². The molecule has 130 valence electrons. The molecule has 0 fully saturated rings. The summed E-state index contributed by atoms with van der Waals surface area (Å²) >= 11 is 5.82. The van der Waals surface area contributed by atoms with Gasteiger partial charge in [0, 0.05) is 5.56 Å². The third-order valence-corrected chi connectivity index (χ3v) is 3.27. The Morgan fingerprint density at radius 1 is 1.12 bits per heavy atom. The molecule has 6 nitrogen and oxygen atoms in total. The average Bonchev–Trinajstić information content (AvgIpc) is 2.61. The molecule has 0 heterocycles. The molecule has 8 heteroatoms. The first-order chi connectivity index (χ1) is 12.1. The summed E-state index contributed by atoms with van der Waals surface area (Å²) in [5.41, 5.74) is 2.22. The van der Waals surface area contributed by atoms with Gasteiger partial charge in [0.15, 0.2) is 6.61 Å². The third kappa shape index (κ3) is 6.23. The summed E-state index contributed by atoms with van der Waals surface area (Å²) in [4.78, 5) is 23.2. The van der Waals surface area contributed by atoms with Crippen molar-refractivity contribution in [1.82, 2.24) is 10.7 Å². The van der Waals surface area contributed by atoms with Crippen molar-refractivity contribution in [2.24, 2.45) is 5.10 Å². The van der Waals surface area contributed by atoms with Crippen LogP contribution in [0.3, 0.4) is 0 Å². The molecule has 2 aromatic rings. The van der Waals surface area contributed by atoms with Crippen LogP contribution in [0.1, 0.15) is 5.56 Å². The van der Waals surface area contributed by atoms with Crippen LogP contribution in [-0.4, -0.2) is 31.2 Å². The molecule has 0 saturated heterocycles. The lowest BCUT2D eigenvalue weighted by Gasteiger charge is -2.06. The molecular weight excluding hydrogens is 349 g/mol. The maximum Gasteiger partial charge on any atom is 0.259 e. The van der Waals surface area contributed by atoms with Crippen LogP contribution in [0.5, 0.6) is 5.75 Å². The minimum atomic E-state index is -0.572. The fourth-order valence-electron chi connectivity index (χ4n) is 1.74. The van der Waals surface area contributed by atoms with E-state index in [1.54, 1.807) is 24.3 Å². The largest absolute Gasteiger partial charge is 0.484 e. The number of hydrazone groups is 1. The molecule has 0 aromatic heterocycles. The number of para-hydroxylation sites is 1. The number of ether oxygens (including phenoxy) is 1. The van der Waals surface area contributed by atoms with Crippen LogP contribution in [0, 0.1) is 5.82 Å². The summed E-state index contributed by atoms with van der Waals surface area (Å²) in [5, 5.41) is 6.15. The highest BCUT2D eigenvalue weighted by molar-refractivity contribution is 6.33. The van der Waals surface area contributed by atoms with E-state index < -0.39 is 17.6 Å². The van der Waals surface area contributed by atoms with E-state index in [4.69, 9.17) is 16.3 Å². The lowest BCUT2D eigenvalue weighted by Crippen LogP contribution is -2.37. The molecule has 0 spiro atoms. The smallest absolute Gasteiger partial charge is 0.259 e. The summed E-state index contributed by atoms with van der Waals surface area (Å²) < 4.78 is 18.7. The van der Waals surface area contributed by atoms with E-state index in [1.165, 1.54) is 18.2 Å². The predicted molar refractivity (Wildman–Crippen MR) is 92.1 cm³/mol. The average molecular weight is 364 g/mol. The summed E-state index contributed by atoms with van der Waals surface area (Å²) in [7, 11) is 0. The number of rotatable bonds is 7. The van der Waals surface area contributed by atoms with Crippen LogP contribution in [0.15, 0.2) is 53.6 Å². The first-order valence-electron chi connectivity index (χ1n) is 7.26. The van der Waals surface area contributed by atoms with Crippen molar-refractivity contribution in [2.75, 3.05) is 13.2 Å². The van der Waals surface area contributed by atoms with Crippen LogP contribution in [0.2, 0.25) is 5.02 Å². The monoisotopic (exact) mass is 363 g/mol. The molecular formula is C17H15ClFN3O3. The van der Waals surface area contributed by atoms with Gasteiger partial charge >= 0.3 is 0 Å². The summed E-state index contributed by atoms with van der Waals surface area (Å²) in [6, 6.07) is 13.0. The quantitative estimate of drug-likeness (QED) is 0.584. The number of benzene rings is 2. The Bertz CT molecular complexity index is 749. The van der Waals surface area contributed by atoms with E-state index >= 15 is 0 Å². The molecule has 0 aliphatic heterocycles. The van der Waals surface area contributed by atoms with E-state index in [0.717, 1.165) is 6.21 Å². The standard InChI is InChI=1S/C17H15ClFN3O3/c18-14-7-4-8-15(19)13(14)9-21-22-16(23)10-20-17(24)11-25-12-5-2-1-3-6-12/h1-9H,10-11H2,(H,20,24)(H,22,23)/b21-9+. The molecule has 0 atom stereocenters. The highest BCUT2D eigenvalue weighted by Crippen LogP contribution is 2.16. The second-order valence-corrected chi connectivity index (χ2v) is 5.21. The van der Waals surface area contributed by atoms with Gasteiger partial charge in [-0.25, -0.2) is 9.82 Å².